The number of fused-ring (bicyclic) bond motifs is 1. The van der Waals surface area contributed by atoms with Gasteiger partial charge in [0, 0.05) is 35.8 Å². The van der Waals surface area contributed by atoms with E-state index in [-0.39, 0.29) is 53.2 Å². The van der Waals surface area contributed by atoms with E-state index in [1.165, 1.54) is 19.3 Å². The Morgan fingerprint density at radius 2 is 1.83 bits per heavy atom. The van der Waals surface area contributed by atoms with Gasteiger partial charge in [-0.25, -0.2) is 9.18 Å². The largest absolute Gasteiger partial charge is 0.461 e. The number of nitrogens with zero attached hydrogens (tertiary/aromatic N) is 1. The van der Waals surface area contributed by atoms with Crippen molar-refractivity contribution in [3.8, 4) is 0 Å². The average Bonchev–Trinajstić information content (AvgIpc) is 3.59. The first-order chi connectivity index (χ1) is 19.8. The van der Waals surface area contributed by atoms with Gasteiger partial charge in [0.2, 0.25) is 5.91 Å². The minimum Gasteiger partial charge on any atom is -0.461 e. The van der Waals surface area contributed by atoms with Crippen LogP contribution >= 0.6 is 11.6 Å². The van der Waals surface area contributed by atoms with Gasteiger partial charge >= 0.3 is 5.97 Å². The molecule has 1 unspecified atom stereocenters. The van der Waals surface area contributed by atoms with Crippen molar-refractivity contribution < 1.29 is 23.5 Å². The Kier molecular flexibility index (Phi) is 9.70. The fourth-order valence-electron chi connectivity index (χ4n) is 7.65. The number of hydrogen-bond donors (Lipinski definition) is 2. The van der Waals surface area contributed by atoms with Crippen LogP contribution in [0, 0.1) is 23.7 Å². The molecule has 3 N–H and O–H groups in total. The van der Waals surface area contributed by atoms with Crippen LogP contribution in [0.3, 0.4) is 0 Å². The lowest BCUT2D eigenvalue weighted by Crippen LogP contribution is -2.48. The highest BCUT2D eigenvalue weighted by atomic mass is 35.5. The number of carbonyl (C=O) groups excluding carboxylic acids is 3. The summed E-state index contributed by atoms with van der Waals surface area (Å²) >= 11 is 6.54. The lowest BCUT2D eigenvalue weighted by atomic mass is 9.75. The van der Waals surface area contributed by atoms with E-state index in [1.807, 2.05) is 23.1 Å². The second kappa shape index (κ2) is 13.2. The molecule has 9 heteroatoms. The third-order valence-corrected chi connectivity index (χ3v) is 10.3. The van der Waals surface area contributed by atoms with E-state index in [1.54, 1.807) is 6.92 Å². The van der Waals surface area contributed by atoms with Crippen molar-refractivity contribution in [2.45, 2.75) is 89.6 Å². The van der Waals surface area contributed by atoms with Crippen LogP contribution in [0.2, 0.25) is 5.02 Å². The number of alkyl halides is 1. The zero-order valence-electron chi connectivity index (χ0n) is 24.0. The Hall–Kier alpha value is -2.45. The molecular weight excluding hydrogens is 545 g/mol. The molecule has 2 heterocycles. The molecule has 1 aliphatic heterocycles. The van der Waals surface area contributed by atoms with Gasteiger partial charge in [-0.2, -0.15) is 0 Å². The average molecular weight is 588 g/mol. The maximum atomic E-state index is 14.1. The molecule has 3 aliphatic rings. The Labute approximate surface area is 246 Å². The van der Waals surface area contributed by atoms with Crippen molar-refractivity contribution in [1.29, 1.82) is 0 Å². The molecule has 1 amide bonds. The second-order valence-electron chi connectivity index (χ2n) is 12.3. The minimum atomic E-state index is -0.529. The number of likely N-dealkylation sites (tertiary alicyclic amines) is 1. The van der Waals surface area contributed by atoms with E-state index in [2.05, 4.69) is 4.98 Å². The number of nitrogens with one attached hydrogen (secondary N) is 1. The van der Waals surface area contributed by atoms with E-state index < -0.39 is 24.7 Å². The van der Waals surface area contributed by atoms with Crippen LogP contribution in [0.15, 0.2) is 18.2 Å². The fourth-order valence-corrected chi connectivity index (χ4v) is 7.93. The van der Waals surface area contributed by atoms with E-state index in [9.17, 15) is 18.8 Å². The number of hydrogen-bond acceptors (Lipinski definition) is 5. The zero-order chi connectivity index (χ0) is 29.1. The van der Waals surface area contributed by atoms with Crippen LogP contribution in [0.25, 0.3) is 10.9 Å². The predicted octanol–water partition coefficient (Wildman–Crippen LogP) is 6.01. The summed E-state index contributed by atoms with van der Waals surface area (Å²) in [5.41, 5.74) is 7.67. The summed E-state index contributed by atoms with van der Waals surface area (Å²) in [6.45, 7) is 2.07. The standard InChI is InChI=1S/C32H43ClFN3O4/c1-2-41-32(40)29-28(33)24-16-19(8-13-26(24)36-29)17-27(38)30-23(20-6-4-3-5-7-20)14-15-37(30)31(39)22-11-9-21(10-12-22)25(35)18-34/h8,13,16,20-23,25,30,36H,2-7,9-12,14-15,17-18,35H2,1H3/t21?,22?,23-,25?,30-/m0/s1. The van der Waals surface area contributed by atoms with E-state index in [0.717, 1.165) is 37.7 Å². The third kappa shape index (κ3) is 6.34. The molecule has 41 heavy (non-hydrogen) atoms. The molecule has 5 rings (SSSR count). The first-order valence-electron chi connectivity index (χ1n) is 15.4. The number of H-pyrrole nitrogens is 1. The molecule has 3 fully saturated rings. The first-order valence-corrected chi connectivity index (χ1v) is 15.8. The molecule has 1 saturated heterocycles. The minimum absolute atomic E-state index is 0.0659. The highest BCUT2D eigenvalue weighted by Crippen LogP contribution is 2.41. The summed E-state index contributed by atoms with van der Waals surface area (Å²) in [6, 6.07) is 4.70. The van der Waals surface area contributed by atoms with Gasteiger partial charge in [-0.15, -0.1) is 0 Å². The van der Waals surface area contributed by atoms with Gasteiger partial charge in [-0.1, -0.05) is 49.8 Å². The Balaban J connectivity index is 1.35. The summed E-state index contributed by atoms with van der Waals surface area (Å²) < 4.78 is 18.2. The molecule has 1 aromatic heterocycles. The molecule has 3 atom stereocenters. The third-order valence-electron chi connectivity index (χ3n) is 9.88. The van der Waals surface area contributed by atoms with Crippen molar-refractivity contribution in [3.63, 3.8) is 0 Å². The Bertz CT molecular complexity index is 1250. The van der Waals surface area contributed by atoms with E-state index in [4.69, 9.17) is 22.1 Å². The quantitative estimate of drug-likeness (QED) is 0.350. The number of esters is 1. The van der Waals surface area contributed by atoms with Crippen LogP contribution in [-0.2, 0) is 20.7 Å². The number of nitrogens with two attached hydrogens (primary N) is 1. The zero-order valence-corrected chi connectivity index (χ0v) is 24.8. The van der Waals surface area contributed by atoms with Gasteiger partial charge in [0.15, 0.2) is 5.78 Å². The summed E-state index contributed by atoms with van der Waals surface area (Å²) in [4.78, 5) is 45.2. The van der Waals surface area contributed by atoms with Gasteiger partial charge in [-0.05, 0) is 74.5 Å². The Morgan fingerprint density at radius 3 is 2.51 bits per heavy atom. The number of Topliss-reactive ketones (excluding diaryl/α,β-unsaturated/α-hetero) is 1. The summed E-state index contributed by atoms with van der Waals surface area (Å²) in [7, 11) is 0. The van der Waals surface area contributed by atoms with Crippen LogP contribution < -0.4 is 5.73 Å². The van der Waals surface area contributed by atoms with Gasteiger partial charge in [-0.3, -0.25) is 9.59 Å². The second-order valence-corrected chi connectivity index (χ2v) is 12.7. The van der Waals surface area contributed by atoms with Crippen molar-refractivity contribution >= 4 is 40.2 Å². The lowest BCUT2D eigenvalue weighted by Gasteiger charge is -2.37. The molecule has 224 valence electrons. The van der Waals surface area contributed by atoms with Crippen LogP contribution in [-0.4, -0.2) is 59.5 Å². The number of carbonyl (C=O) groups is 3. The fraction of sp³-hybridized carbons (Fsp3) is 0.656. The number of aromatic amines is 1. The van der Waals surface area contributed by atoms with Crippen LogP contribution in [0.1, 0.15) is 87.2 Å². The molecule has 0 spiro atoms. The highest BCUT2D eigenvalue weighted by molar-refractivity contribution is 6.38. The van der Waals surface area contributed by atoms with Crippen molar-refractivity contribution in [2.75, 3.05) is 19.8 Å². The molecule has 7 nitrogen and oxygen atoms in total. The molecule has 2 aliphatic carbocycles. The van der Waals surface area contributed by atoms with Gasteiger partial charge in [0.05, 0.1) is 17.7 Å². The summed E-state index contributed by atoms with van der Waals surface area (Å²) in [5, 5.41) is 0.958. The van der Waals surface area contributed by atoms with Gasteiger partial charge in [0.25, 0.3) is 0 Å². The predicted molar refractivity (Wildman–Crippen MR) is 158 cm³/mol. The Morgan fingerprint density at radius 1 is 1.10 bits per heavy atom. The van der Waals surface area contributed by atoms with Crippen molar-refractivity contribution in [2.24, 2.45) is 29.4 Å². The summed E-state index contributed by atoms with van der Waals surface area (Å²) in [5.74, 6) is 0.265. The van der Waals surface area contributed by atoms with E-state index in [0.29, 0.717) is 36.2 Å². The number of amides is 1. The maximum absolute atomic E-state index is 14.1. The van der Waals surface area contributed by atoms with Crippen LogP contribution in [0.5, 0.6) is 0 Å². The molecular formula is C32H43ClFN3O4. The van der Waals surface area contributed by atoms with E-state index >= 15 is 0 Å². The number of rotatable bonds is 9. The van der Waals surface area contributed by atoms with Crippen molar-refractivity contribution in [1.82, 2.24) is 9.88 Å². The number of ketones is 1. The lowest BCUT2D eigenvalue weighted by molar-refractivity contribution is -0.143. The first kappa shape index (κ1) is 30.0. The number of ether oxygens (including phenoxy) is 1. The number of halogens is 2. The SMILES string of the molecule is CCOC(=O)c1[nH]c2ccc(CC(=O)[C@@H]3[C@H](C4CCCCC4)CCN3C(=O)C3CCC(C(N)CF)CC3)cc2c1Cl. The van der Waals surface area contributed by atoms with Crippen molar-refractivity contribution in [3.05, 3.63) is 34.5 Å². The number of benzene rings is 1. The maximum Gasteiger partial charge on any atom is 0.356 e. The van der Waals surface area contributed by atoms with Gasteiger partial charge in [0.1, 0.15) is 12.4 Å². The molecule has 2 aromatic rings. The normalized spacial score (nSPS) is 26.3. The van der Waals surface area contributed by atoms with Gasteiger partial charge < -0.3 is 20.4 Å². The number of aromatic nitrogens is 1. The smallest absolute Gasteiger partial charge is 0.356 e. The summed E-state index contributed by atoms with van der Waals surface area (Å²) in [6.07, 6.45) is 9.80. The molecule has 0 bridgehead atoms. The molecule has 2 saturated carbocycles. The monoisotopic (exact) mass is 587 g/mol. The molecule has 0 radical (unpaired) electrons. The molecule has 1 aromatic carbocycles. The highest BCUT2D eigenvalue weighted by Gasteiger charge is 2.46. The van der Waals surface area contributed by atoms with Crippen LogP contribution in [0.4, 0.5) is 4.39 Å². The topological polar surface area (TPSA) is 105 Å².